The Bertz CT molecular complexity index is 790. The van der Waals surface area contributed by atoms with Crippen LogP contribution < -0.4 is 5.32 Å². The fraction of sp³-hybridized carbons (Fsp3) is 0.125. The van der Waals surface area contributed by atoms with Crippen molar-refractivity contribution in [1.82, 2.24) is 4.98 Å². The molecular weight excluding hydrogens is 252 g/mol. The summed E-state index contributed by atoms with van der Waals surface area (Å²) >= 11 is 0. The normalized spacial score (nSPS) is 10.7. The number of hydrogen-bond acceptors (Lipinski definition) is 3. The Hall–Kier alpha value is -2.62. The lowest BCUT2D eigenvalue weighted by Crippen LogP contribution is -2.11. The summed E-state index contributed by atoms with van der Waals surface area (Å²) in [6, 6.07) is 12.9. The predicted molar refractivity (Wildman–Crippen MR) is 77.9 cm³/mol. The lowest BCUT2D eigenvalue weighted by Gasteiger charge is -2.05. The van der Waals surface area contributed by atoms with Crippen LogP contribution in [-0.2, 0) is 0 Å². The molecule has 3 aromatic rings. The Kier molecular flexibility index (Phi) is 2.99. The minimum absolute atomic E-state index is 0.154. The smallest absolute Gasteiger partial charge is 0.255 e. The Morgan fingerprint density at radius 2 is 2.00 bits per heavy atom. The summed E-state index contributed by atoms with van der Waals surface area (Å²) < 4.78 is 5.39. The summed E-state index contributed by atoms with van der Waals surface area (Å²) in [5.74, 6) is 0.439. The molecule has 4 nitrogen and oxygen atoms in total. The van der Waals surface area contributed by atoms with Crippen molar-refractivity contribution in [2.75, 3.05) is 5.32 Å². The molecule has 1 aromatic heterocycles. The van der Waals surface area contributed by atoms with Crippen LogP contribution in [0.3, 0.4) is 0 Å². The third-order valence-corrected chi connectivity index (χ3v) is 3.03. The van der Waals surface area contributed by atoms with Gasteiger partial charge in [-0.25, -0.2) is 4.98 Å². The molecule has 0 saturated heterocycles. The van der Waals surface area contributed by atoms with Crippen LogP contribution in [-0.4, -0.2) is 10.9 Å². The number of anilines is 1. The van der Waals surface area contributed by atoms with Gasteiger partial charge < -0.3 is 9.73 Å². The van der Waals surface area contributed by atoms with E-state index < -0.39 is 0 Å². The lowest BCUT2D eigenvalue weighted by molar-refractivity contribution is 0.102. The first-order valence-corrected chi connectivity index (χ1v) is 6.37. The van der Waals surface area contributed by atoms with E-state index in [1.165, 1.54) is 0 Å². The highest BCUT2D eigenvalue weighted by atomic mass is 16.3. The average Bonchev–Trinajstić information content (AvgIpc) is 2.77. The zero-order valence-corrected chi connectivity index (χ0v) is 11.3. The van der Waals surface area contributed by atoms with Crippen LogP contribution in [0.1, 0.15) is 21.8 Å². The van der Waals surface area contributed by atoms with Crippen LogP contribution in [0.2, 0.25) is 0 Å². The second-order valence-corrected chi connectivity index (χ2v) is 4.74. The number of fused-ring (bicyclic) bond motifs is 1. The first-order chi connectivity index (χ1) is 9.61. The van der Waals surface area contributed by atoms with Gasteiger partial charge in [0.05, 0.1) is 0 Å². The van der Waals surface area contributed by atoms with Crippen LogP contribution in [0.4, 0.5) is 5.69 Å². The summed E-state index contributed by atoms with van der Waals surface area (Å²) in [5, 5.41) is 2.87. The first-order valence-electron chi connectivity index (χ1n) is 6.37. The molecule has 4 heteroatoms. The minimum Gasteiger partial charge on any atom is -0.441 e. The number of hydrogen-bond donors (Lipinski definition) is 1. The molecule has 1 N–H and O–H groups in total. The van der Waals surface area contributed by atoms with Crippen molar-refractivity contribution < 1.29 is 9.21 Å². The Balaban J connectivity index is 1.88. The van der Waals surface area contributed by atoms with E-state index in [0.717, 1.165) is 11.3 Å². The number of nitrogens with one attached hydrogen (secondary N) is 1. The molecule has 1 heterocycles. The molecule has 0 fully saturated rings. The van der Waals surface area contributed by atoms with Gasteiger partial charge in [0.15, 0.2) is 11.5 Å². The standard InChI is InChI=1S/C16H14N2O2/c1-10-4-3-5-13(8-10)18-16(19)12-6-7-15-14(9-12)17-11(2)20-15/h3-9H,1-2H3,(H,18,19). The highest BCUT2D eigenvalue weighted by Crippen LogP contribution is 2.18. The van der Waals surface area contributed by atoms with E-state index in [0.29, 0.717) is 22.6 Å². The number of aryl methyl sites for hydroxylation is 2. The van der Waals surface area contributed by atoms with Gasteiger partial charge in [0.25, 0.3) is 5.91 Å². The van der Waals surface area contributed by atoms with E-state index in [1.54, 1.807) is 25.1 Å². The molecule has 100 valence electrons. The van der Waals surface area contributed by atoms with Crippen LogP contribution in [0.5, 0.6) is 0 Å². The summed E-state index contributed by atoms with van der Waals surface area (Å²) in [6.07, 6.45) is 0. The first kappa shape index (κ1) is 12.4. The third kappa shape index (κ3) is 2.40. The Morgan fingerprint density at radius 1 is 1.15 bits per heavy atom. The van der Waals surface area contributed by atoms with Crippen LogP contribution in [0.25, 0.3) is 11.1 Å². The van der Waals surface area contributed by atoms with Gasteiger partial charge in [-0.2, -0.15) is 0 Å². The quantitative estimate of drug-likeness (QED) is 0.769. The van der Waals surface area contributed by atoms with Crippen LogP contribution in [0.15, 0.2) is 46.9 Å². The van der Waals surface area contributed by atoms with Crippen molar-refractivity contribution in [2.45, 2.75) is 13.8 Å². The number of oxazole rings is 1. The number of aromatic nitrogens is 1. The van der Waals surface area contributed by atoms with E-state index in [4.69, 9.17) is 4.42 Å². The monoisotopic (exact) mass is 266 g/mol. The fourth-order valence-electron chi connectivity index (χ4n) is 2.11. The van der Waals surface area contributed by atoms with Gasteiger partial charge >= 0.3 is 0 Å². The maximum atomic E-state index is 12.2. The van der Waals surface area contributed by atoms with Gasteiger partial charge in [-0.1, -0.05) is 12.1 Å². The number of carbonyl (C=O) groups excluding carboxylic acids is 1. The average molecular weight is 266 g/mol. The maximum absolute atomic E-state index is 12.2. The second kappa shape index (κ2) is 4.81. The molecule has 3 rings (SSSR count). The van der Waals surface area contributed by atoms with Crippen molar-refractivity contribution in [1.29, 1.82) is 0 Å². The molecule has 0 spiro atoms. The molecule has 0 bridgehead atoms. The van der Waals surface area contributed by atoms with Crippen molar-refractivity contribution >= 4 is 22.7 Å². The van der Waals surface area contributed by atoms with E-state index in [-0.39, 0.29) is 5.91 Å². The number of benzene rings is 2. The maximum Gasteiger partial charge on any atom is 0.255 e. The summed E-state index contributed by atoms with van der Waals surface area (Å²) in [6.45, 7) is 3.77. The Morgan fingerprint density at radius 3 is 2.80 bits per heavy atom. The summed E-state index contributed by atoms with van der Waals surface area (Å²) in [4.78, 5) is 16.4. The molecule has 1 amide bonds. The van der Waals surface area contributed by atoms with E-state index in [2.05, 4.69) is 10.3 Å². The molecule has 0 atom stereocenters. The number of nitrogens with zero attached hydrogens (tertiary/aromatic N) is 1. The molecule has 2 aromatic carbocycles. The minimum atomic E-state index is -0.154. The number of carbonyl (C=O) groups is 1. The van der Waals surface area contributed by atoms with Crippen molar-refractivity contribution in [3.8, 4) is 0 Å². The van der Waals surface area contributed by atoms with Gasteiger partial charge in [-0.3, -0.25) is 4.79 Å². The van der Waals surface area contributed by atoms with E-state index >= 15 is 0 Å². The van der Waals surface area contributed by atoms with Gasteiger partial charge in [-0.05, 0) is 42.8 Å². The Labute approximate surface area is 116 Å². The zero-order chi connectivity index (χ0) is 14.1. The van der Waals surface area contributed by atoms with Gasteiger partial charge in [0, 0.05) is 18.2 Å². The third-order valence-electron chi connectivity index (χ3n) is 3.03. The van der Waals surface area contributed by atoms with Crippen LogP contribution in [0, 0.1) is 13.8 Å². The van der Waals surface area contributed by atoms with Crippen molar-refractivity contribution in [3.05, 3.63) is 59.5 Å². The predicted octanol–water partition coefficient (Wildman–Crippen LogP) is 3.70. The summed E-state index contributed by atoms with van der Waals surface area (Å²) in [7, 11) is 0. The molecule has 0 aliphatic rings. The molecule has 0 aliphatic carbocycles. The molecule has 20 heavy (non-hydrogen) atoms. The zero-order valence-electron chi connectivity index (χ0n) is 11.3. The van der Waals surface area contributed by atoms with Crippen molar-refractivity contribution in [3.63, 3.8) is 0 Å². The van der Waals surface area contributed by atoms with Crippen LogP contribution >= 0.6 is 0 Å². The highest BCUT2D eigenvalue weighted by molar-refractivity contribution is 6.05. The highest BCUT2D eigenvalue weighted by Gasteiger charge is 2.09. The fourth-order valence-corrected chi connectivity index (χ4v) is 2.11. The molecule has 0 unspecified atom stereocenters. The molecule has 0 saturated carbocycles. The van der Waals surface area contributed by atoms with E-state index in [1.807, 2.05) is 31.2 Å². The molecular formula is C16H14N2O2. The van der Waals surface area contributed by atoms with E-state index in [9.17, 15) is 4.79 Å². The number of rotatable bonds is 2. The van der Waals surface area contributed by atoms with Gasteiger partial charge in [-0.15, -0.1) is 0 Å². The molecule has 0 aliphatic heterocycles. The second-order valence-electron chi connectivity index (χ2n) is 4.74. The topological polar surface area (TPSA) is 55.1 Å². The van der Waals surface area contributed by atoms with Gasteiger partial charge in [0.2, 0.25) is 0 Å². The number of amides is 1. The molecule has 0 radical (unpaired) electrons. The SMILES string of the molecule is Cc1cccc(NC(=O)c2ccc3oc(C)nc3c2)c1. The van der Waals surface area contributed by atoms with Gasteiger partial charge in [0.1, 0.15) is 5.52 Å². The largest absolute Gasteiger partial charge is 0.441 e. The van der Waals surface area contributed by atoms with Crippen molar-refractivity contribution in [2.24, 2.45) is 0 Å². The summed E-state index contributed by atoms with van der Waals surface area (Å²) in [5.41, 5.74) is 3.83. The lowest BCUT2D eigenvalue weighted by atomic mass is 10.1.